The van der Waals surface area contributed by atoms with Crippen LogP contribution in [-0.4, -0.2) is 11.2 Å². The molecule has 7 heteroatoms. The van der Waals surface area contributed by atoms with Crippen LogP contribution in [0.2, 0.25) is 10.0 Å². The van der Waals surface area contributed by atoms with Gasteiger partial charge in [-0.05, 0) is 24.3 Å². The van der Waals surface area contributed by atoms with Gasteiger partial charge in [0.25, 0.3) is 0 Å². The van der Waals surface area contributed by atoms with Gasteiger partial charge in [0, 0.05) is 11.1 Å². The highest BCUT2D eigenvalue weighted by Crippen LogP contribution is 2.38. The molecule has 0 spiro atoms. The summed E-state index contributed by atoms with van der Waals surface area (Å²) in [7, 11) is 0. The number of hydrogen-bond acceptors (Lipinski definition) is 4. The van der Waals surface area contributed by atoms with Crippen molar-refractivity contribution in [2.45, 2.75) is 0 Å². The lowest BCUT2D eigenvalue weighted by atomic mass is 10.2. The first-order valence-electron chi connectivity index (χ1n) is 5.38. The Balaban J connectivity index is 2.50. The molecule has 2 rings (SSSR count). The van der Waals surface area contributed by atoms with Gasteiger partial charge in [-0.1, -0.05) is 29.3 Å². The highest BCUT2D eigenvalue weighted by molar-refractivity contribution is 6.32. The first-order valence-corrected chi connectivity index (χ1v) is 6.14. The number of nitrogens with zero attached hydrogens (tertiary/aromatic N) is 1. The SMILES string of the molecule is O=Cc1cc(Cl)ccc1Oc1c(Cl)cccc1[N+](=O)[O-]. The van der Waals surface area contributed by atoms with Crippen molar-refractivity contribution in [2.75, 3.05) is 0 Å². The van der Waals surface area contributed by atoms with Crippen molar-refractivity contribution in [3.63, 3.8) is 0 Å². The van der Waals surface area contributed by atoms with Gasteiger partial charge in [0.05, 0.1) is 15.5 Å². The molecule has 0 aliphatic rings. The number of benzene rings is 2. The van der Waals surface area contributed by atoms with Crippen LogP contribution < -0.4 is 4.74 Å². The van der Waals surface area contributed by atoms with Gasteiger partial charge >= 0.3 is 5.69 Å². The second-order valence-electron chi connectivity index (χ2n) is 3.75. The second-order valence-corrected chi connectivity index (χ2v) is 4.59. The molecule has 0 radical (unpaired) electrons. The first-order chi connectivity index (χ1) is 9.52. The summed E-state index contributed by atoms with van der Waals surface area (Å²) in [5.41, 5.74) is -0.115. The molecule has 0 aliphatic carbocycles. The summed E-state index contributed by atoms with van der Waals surface area (Å²) in [5.74, 6) is 0.0187. The summed E-state index contributed by atoms with van der Waals surface area (Å²) in [6, 6.07) is 8.51. The van der Waals surface area contributed by atoms with Crippen molar-refractivity contribution in [1.82, 2.24) is 0 Å². The minimum absolute atomic E-state index is 0.0750. The van der Waals surface area contributed by atoms with E-state index in [4.69, 9.17) is 27.9 Å². The lowest BCUT2D eigenvalue weighted by Crippen LogP contribution is -1.96. The van der Waals surface area contributed by atoms with Crippen molar-refractivity contribution in [3.05, 3.63) is 62.1 Å². The molecular weight excluding hydrogens is 305 g/mol. The number of ether oxygens (including phenoxy) is 1. The molecule has 0 unspecified atom stereocenters. The van der Waals surface area contributed by atoms with E-state index in [1.54, 1.807) is 0 Å². The maximum Gasteiger partial charge on any atom is 0.313 e. The fourth-order valence-corrected chi connectivity index (χ4v) is 1.95. The van der Waals surface area contributed by atoms with Crippen LogP contribution in [0.1, 0.15) is 10.4 Å². The Morgan fingerprint density at radius 2 is 1.95 bits per heavy atom. The molecule has 5 nitrogen and oxygen atoms in total. The largest absolute Gasteiger partial charge is 0.448 e. The number of carbonyl (C=O) groups is 1. The Bertz CT molecular complexity index is 688. The predicted molar refractivity (Wildman–Crippen MR) is 75.0 cm³/mol. The number of nitro benzene ring substituents is 1. The van der Waals surface area contributed by atoms with E-state index in [1.165, 1.54) is 36.4 Å². The summed E-state index contributed by atoms with van der Waals surface area (Å²) in [4.78, 5) is 21.3. The molecule has 0 saturated carbocycles. The molecule has 0 aliphatic heterocycles. The number of hydrogen-bond donors (Lipinski definition) is 0. The maximum absolute atomic E-state index is 11.0. The van der Waals surface area contributed by atoms with Crippen LogP contribution in [0.15, 0.2) is 36.4 Å². The summed E-state index contributed by atoms with van der Waals surface area (Å²) in [6.07, 6.45) is 0.546. The predicted octanol–water partition coefficient (Wildman–Crippen LogP) is 4.51. The van der Waals surface area contributed by atoms with Gasteiger partial charge in [-0.2, -0.15) is 0 Å². The highest BCUT2D eigenvalue weighted by Gasteiger charge is 2.20. The third-order valence-corrected chi connectivity index (χ3v) is 2.99. The lowest BCUT2D eigenvalue weighted by Gasteiger charge is -2.09. The molecule has 0 atom stereocenters. The van der Waals surface area contributed by atoms with Gasteiger partial charge < -0.3 is 4.74 Å². The van der Waals surface area contributed by atoms with Crippen LogP contribution in [0.25, 0.3) is 0 Å². The van der Waals surface area contributed by atoms with E-state index in [0.29, 0.717) is 11.3 Å². The molecule has 0 heterocycles. The van der Waals surface area contributed by atoms with Crippen molar-refractivity contribution >= 4 is 35.2 Å². The van der Waals surface area contributed by atoms with Crippen LogP contribution in [-0.2, 0) is 0 Å². The molecule has 2 aromatic rings. The van der Waals surface area contributed by atoms with Gasteiger partial charge in [-0.15, -0.1) is 0 Å². The van der Waals surface area contributed by atoms with Crippen LogP contribution in [0.3, 0.4) is 0 Å². The van der Waals surface area contributed by atoms with E-state index in [0.717, 1.165) is 0 Å². The van der Waals surface area contributed by atoms with Gasteiger partial charge in [0.1, 0.15) is 5.75 Å². The average molecular weight is 312 g/mol. The van der Waals surface area contributed by atoms with Crippen molar-refractivity contribution < 1.29 is 14.5 Å². The Labute approximate surface area is 123 Å². The molecular formula is C13H7Cl2NO4. The highest BCUT2D eigenvalue weighted by atomic mass is 35.5. The summed E-state index contributed by atoms with van der Waals surface area (Å²) < 4.78 is 5.42. The fourth-order valence-electron chi connectivity index (χ4n) is 1.56. The zero-order chi connectivity index (χ0) is 14.7. The van der Waals surface area contributed by atoms with Crippen molar-refractivity contribution in [2.24, 2.45) is 0 Å². The van der Waals surface area contributed by atoms with Crippen LogP contribution >= 0.6 is 23.2 Å². The number of nitro groups is 1. The number of rotatable bonds is 4. The smallest absolute Gasteiger partial charge is 0.313 e. The summed E-state index contributed by atoms with van der Waals surface area (Å²) in [6.45, 7) is 0. The molecule has 20 heavy (non-hydrogen) atoms. The number of carbonyl (C=O) groups excluding carboxylic acids is 1. The Kier molecular flexibility index (Phi) is 4.22. The second kappa shape index (κ2) is 5.90. The quantitative estimate of drug-likeness (QED) is 0.473. The van der Waals surface area contributed by atoms with Crippen LogP contribution in [0.5, 0.6) is 11.5 Å². The third kappa shape index (κ3) is 2.89. The van der Waals surface area contributed by atoms with Crippen LogP contribution in [0, 0.1) is 10.1 Å². The number of para-hydroxylation sites is 1. The normalized spacial score (nSPS) is 10.1. The molecule has 0 fully saturated rings. The first kappa shape index (κ1) is 14.3. The van der Waals surface area contributed by atoms with Crippen molar-refractivity contribution in [3.8, 4) is 11.5 Å². The molecule has 0 aromatic heterocycles. The maximum atomic E-state index is 11.0. The Morgan fingerprint density at radius 3 is 2.60 bits per heavy atom. The monoisotopic (exact) mass is 311 g/mol. The van der Waals surface area contributed by atoms with E-state index in [2.05, 4.69) is 0 Å². The third-order valence-electron chi connectivity index (χ3n) is 2.45. The number of halogens is 2. The average Bonchev–Trinajstić information content (AvgIpc) is 2.42. The van der Waals surface area contributed by atoms with Gasteiger partial charge in [-0.25, -0.2) is 0 Å². The standard InChI is InChI=1S/C13H7Cl2NO4/c14-9-4-5-12(8(6-9)7-17)20-13-10(15)2-1-3-11(13)16(18)19/h1-7H. The molecule has 0 bridgehead atoms. The van der Waals surface area contributed by atoms with Crippen molar-refractivity contribution in [1.29, 1.82) is 0 Å². The minimum Gasteiger partial charge on any atom is -0.448 e. The lowest BCUT2D eigenvalue weighted by molar-refractivity contribution is -0.385. The fraction of sp³-hybridized carbons (Fsp3) is 0. The summed E-state index contributed by atoms with van der Waals surface area (Å²) in [5, 5.41) is 11.4. The molecule has 102 valence electrons. The topological polar surface area (TPSA) is 69.4 Å². The van der Waals surface area contributed by atoms with Gasteiger partial charge in [0.2, 0.25) is 5.75 Å². The zero-order valence-electron chi connectivity index (χ0n) is 9.88. The van der Waals surface area contributed by atoms with E-state index in [1.807, 2.05) is 0 Å². The molecule has 0 N–H and O–H groups in total. The molecule has 0 saturated heterocycles. The van der Waals surface area contributed by atoms with Gasteiger partial charge in [-0.3, -0.25) is 14.9 Å². The van der Waals surface area contributed by atoms with E-state index in [-0.39, 0.29) is 27.8 Å². The number of aldehydes is 1. The molecule has 0 amide bonds. The summed E-state index contributed by atoms with van der Waals surface area (Å²) >= 11 is 11.7. The van der Waals surface area contributed by atoms with E-state index in [9.17, 15) is 14.9 Å². The minimum atomic E-state index is -0.613. The molecule has 2 aromatic carbocycles. The van der Waals surface area contributed by atoms with E-state index >= 15 is 0 Å². The van der Waals surface area contributed by atoms with Gasteiger partial charge in [0.15, 0.2) is 6.29 Å². The van der Waals surface area contributed by atoms with E-state index < -0.39 is 4.92 Å². The van der Waals surface area contributed by atoms with Crippen LogP contribution in [0.4, 0.5) is 5.69 Å². The Hall–Kier alpha value is -2.11. The zero-order valence-corrected chi connectivity index (χ0v) is 11.4. The Morgan fingerprint density at radius 1 is 1.20 bits per heavy atom.